The Kier molecular flexibility index (Phi) is 7.60. The van der Waals surface area contributed by atoms with Crippen molar-refractivity contribution in [1.82, 2.24) is 10.0 Å². The number of aliphatic hydroxyl groups excluding tert-OH is 1. The maximum atomic E-state index is 12.6. The van der Waals surface area contributed by atoms with Gasteiger partial charge in [0.2, 0.25) is 10.0 Å². The zero-order chi connectivity index (χ0) is 21.6. The Morgan fingerprint density at radius 3 is 2.67 bits per heavy atom. The van der Waals surface area contributed by atoms with Gasteiger partial charge >= 0.3 is 0 Å². The minimum absolute atomic E-state index is 0.0325. The van der Waals surface area contributed by atoms with E-state index in [0.29, 0.717) is 13.0 Å². The quantitative estimate of drug-likeness (QED) is 0.564. The Bertz CT molecular complexity index is 943. The average Bonchev–Trinajstić information content (AvgIpc) is 3.27. The first-order chi connectivity index (χ1) is 14.3. The van der Waals surface area contributed by atoms with Crippen LogP contribution < -0.4 is 10.0 Å². The number of ether oxygens (including phenoxy) is 1. The van der Waals surface area contributed by atoms with E-state index in [0.717, 1.165) is 18.4 Å². The van der Waals surface area contributed by atoms with E-state index in [1.807, 2.05) is 30.3 Å². The van der Waals surface area contributed by atoms with Crippen LogP contribution in [0.3, 0.4) is 0 Å². The Balaban J connectivity index is 1.59. The van der Waals surface area contributed by atoms with Gasteiger partial charge in [0.05, 0.1) is 17.1 Å². The maximum absolute atomic E-state index is 12.6. The number of aliphatic hydroxyl groups is 1. The molecule has 3 rings (SSSR count). The molecular formula is C22H28N2O5S. The number of carbonyl (C=O) groups is 1. The molecule has 1 amide bonds. The molecule has 162 valence electrons. The van der Waals surface area contributed by atoms with E-state index >= 15 is 0 Å². The molecule has 0 bridgehead atoms. The van der Waals surface area contributed by atoms with Crippen LogP contribution in [0.2, 0.25) is 0 Å². The van der Waals surface area contributed by atoms with Gasteiger partial charge in [-0.2, -0.15) is 0 Å². The fraction of sp³-hybridized carbons (Fsp3) is 0.409. The molecule has 8 heteroatoms. The fourth-order valence-corrected chi connectivity index (χ4v) is 4.52. The van der Waals surface area contributed by atoms with E-state index in [2.05, 4.69) is 10.0 Å². The Morgan fingerprint density at radius 2 is 1.97 bits per heavy atom. The van der Waals surface area contributed by atoms with E-state index in [1.54, 1.807) is 19.1 Å². The lowest BCUT2D eigenvalue weighted by Gasteiger charge is -2.18. The topological polar surface area (TPSA) is 105 Å². The largest absolute Gasteiger partial charge is 0.388 e. The summed E-state index contributed by atoms with van der Waals surface area (Å²) < 4.78 is 33.1. The molecule has 7 nitrogen and oxygen atoms in total. The number of hydrogen-bond donors (Lipinski definition) is 3. The minimum Gasteiger partial charge on any atom is -0.388 e. The summed E-state index contributed by atoms with van der Waals surface area (Å²) in [6, 6.07) is 14.8. The highest BCUT2D eigenvalue weighted by atomic mass is 32.2. The summed E-state index contributed by atoms with van der Waals surface area (Å²) in [5.41, 5.74) is 1.03. The van der Waals surface area contributed by atoms with Crippen LogP contribution in [0.25, 0.3) is 0 Å². The van der Waals surface area contributed by atoms with E-state index in [4.69, 9.17) is 4.74 Å². The van der Waals surface area contributed by atoms with Crippen LogP contribution in [-0.4, -0.2) is 44.7 Å². The van der Waals surface area contributed by atoms with Crippen molar-refractivity contribution in [2.75, 3.05) is 13.2 Å². The van der Waals surface area contributed by atoms with Crippen molar-refractivity contribution in [1.29, 1.82) is 0 Å². The van der Waals surface area contributed by atoms with Gasteiger partial charge in [0.15, 0.2) is 0 Å². The number of rotatable bonds is 9. The van der Waals surface area contributed by atoms with Crippen LogP contribution in [0.5, 0.6) is 0 Å². The lowest BCUT2D eigenvalue weighted by atomic mass is 10.0. The molecule has 1 aliphatic rings. The van der Waals surface area contributed by atoms with E-state index in [9.17, 15) is 18.3 Å². The normalized spacial score (nSPS) is 18.7. The molecule has 0 unspecified atom stereocenters. The lowest BCUT2D eigenvalue weighted by molar-refractivity contribution is 0.0916. The molecule has 0 saturated carbocycles. The van der Waals surface area contributed by atoms with E-state index < -0.39 is 16.1 Å². The fourth-order valence-electron chi connectivity index (χ4n) is 3.41. The van der Waals surface area contributed by atoms with Gasteiger partial charge in [0, 0.05) is 24.8 Å². The predicted octanol–water partition coefficient (Wildman–Crippen LogP) is 2.39. The summed E-state index contributed by atoms with van der Waals surface area (Å²) in [7, 11) is -3.74. The Labute approximate surface area is 177 Å². The van der Waals surface area contributed by atoms with Gasteiger partial charge in [0.1, 0.15) is 0 Å². The van der Waals surface area contributed by atoms with Crippen LogP contribution in [0, 0.1) is 0 Å². The molecular weight excluding hydrogens is 404 g/mol. The molecule has 2 aromatic rings. The third-order valence-corrected chi connectivity index (χ3v) is 6.49. The Morgan fingerprint density at radius 1 is 1.20 bits per heavy atom. The second-order valence-corrected chi connectivity index (χ2v) is 9.32. The van der Waals surface area contributed by atoms with Gasteiger partial charge in [-0.15, -0.1) is 0 Å². The number of carbonyl (C=O) groups excluding carboxylic acids is 1. The van der Waals surface area contributed by atoms with Gasteiger partial charge in [-0.1, -0.05) is 36.4 Å². The number of hydrogen-bond acceptors (Lipinski definition) is 5. The molecule has 1 saturated heterocycles. The van der Waals surface area contributed by atoms with Crippen molar-refractivity contribution in [3.63, 3.8) is 0 Å². The Hall–Kier alpha value is -2.26. The molecule has 1 aliphatic heterocycles. The summed E-state index contributed by atoms with van der Waals surface area (Å²) >= 11 is 0. The highest BCUT2D eigenvalue weighted by Gasteiger charge is 2.21. The molecule has 0 aromatic heterocycles. The van der Waals surface area contributed by atoms with Gasteiger partial charge < -0.3 is 15.2 Å². The molecule has 2 aromatic carbocycles. The third kappa shape index (κ3) is 6.12. The molecule has 30 heavy (non-hydrogen) atoms. The van der Waals surface area contributed by atoms with Gasteiger partial charge in [-0.05, 0) is 49.9 Å². The molecule has 0 aliphatic carbocycles. The second-order valence-electron chi connectivity index (χ2n) is 7.55. The number of nitrogens with one attached hydrogen (secondary N) is 2. The number of benzene rings is 2. The molecule has 1 heterocycles. The van der Waals surface area contributed by atoms with E-state index in [-0.39, 0.29) is 35.1 Å². The lowest BCUT2D eigenvalue weighted by Crippen LogP contribution is -2.34. The van der Waals surface area contributed by atoms with E-state index in [1.165, 1.54) is 12.1 Å². The van der Waals surface area contributed by atoms with Gasteiger partial charge in [0.25, 0.3) is 5.91 Å². The minimum atomic E-state index is -3.74. The molecule has 3 N–H and O–H groups in total. The first kappa shape index (κ1) is 22.4. The smallest absolute Gasteiger partial charge is 0.251 e. The SMILES string of the molecule is C[C@H](C[C@@H](O)c1ccccc1)NC(=O)c1cccc(S(=O)(=O)NC[C@@H]2CCCO2)c1. The summed E-state index contributed by atoms with van der Waals surface area (Å²) in [6.07, 6.45) is 1.30. The van der Waals surface area contributed by atoms with Gasteiger partial charge in [-0.3, -0.25) is 4.79 Å². The van der Waals surface area contributed by atoms with Crippen molar-refractivity contribution in [2.24, 2.45) is 0 Å². The first-order valence-electron chi connectivity index (χ1n) is 10.1. The summed E-state index contributed by atoms with van der Waals surface area (Å²) in [5.74, 6) is -0.390. The van der Waals surface area contributed by atoms with Gasteiger partial charge in [-0.25, -0.2) is 13.1 Å². The molecule has 0 spiro atoms. The van der Waals surface area contributed by atoms with Crippen LogP contribution in [0.1, 0.15) is 48.2 Å². The highest BCUT2D eigenvalue weighted by Crippen LogP contribution is 2.18. The van der Waals surface area contributed by atoms with Crippen molar-refractivity contribution >= 4 is 15.9 Å². The standard InChI is InChI=1S/C22H28N2O5S/c1-16(13-21(25)17-7-3-2-4-8-17)24-22(26)18-9-5-11-20(14-18)30(27,28)23-15-19-10-6-12-29-19/h2-5,7-9,11,14,16,19,21,23,25H,6,10,12-13,15H2,1H3,(H,24,26)/t16-,19+,21-/m1/s1. The first-order valence-corrected chi connectivity index (χ1v) is 11.6. The van der Waals surface area contributed by atoms with Crippen LogP contribution in [-0.2, 0) is 14.8 Å². The average molecular weight is 433 g/mol. The molecule has 1 fully saturated rings. The number of amides is 1. The van der Waals surface area contributed by atoms with Crippen LogP contribution in [0.15, 0.2) is 59.5 Å². The van der Waals surface area contributed by atoms with Crippen molar-refractivity contribution in [3.05, 3.63) is 65.7 Å². The summed E-state index contributed by atoms with van der Waals surface area (Å²) in [4.78, 5) is 12.6. The third-order valence-electron chi connectivity index (χ3n) is 5.07. The highest BCUT2D eigenvalue weighted by molar-refractivity contribution is 7.89. The van der Waals surface area contributed by atoms with Crippen molar-refractivity contribution in [2.45, 2.75) is 49.3 Å². The number of sulfonamides is 1. The predicted molar refractivity (Wildman–Crippen MR) is 114 cm³/mol. The monoisotopic (exact) mass is 432 g/mol. The summed E-state index contributed by atoms with van der Waals surface area (Å²) in [5, 5.41) is 13.1. The zero-order valence-corrected chi connectivity index (χ0v) is 17.8. The van der Waals surface area contributed by atoms with Crippen LogP contribution in [0.4, 0.5) is 0 Å². The maximum Gasteiger partial charge on any atom is 0.251 e. The van der Waals surface area contributed by atoms with Crippen LogP contribution >= 0.6 is 0 Å². The summed E-state index contributed by atoms with van der Waals surface area (Å²) in [6.45, 7) is 2.67. The van der Waals surface area contributed by atoms with Crippen molar-refractivity contribution in [3.8, 4) is 0 Å². The van der Waals surface area contributed by atoms with Crippen molar-refractivity contribution < 1.29 is 23.1 Å². The molecule has 3 atom stereocenters. The zero-order valence-electron chi connectivity index (χ0n) is 17.0. The second kappa shape index (κ2) is 10.2. The molecule has 0 radical (unpaired) electrons.